The minimum absolute atomic E-state index is 0.235. The van der Waals surface area contributed by atoms with Crippen molar-refractivity contribution >= 4 is 5.65 Å². The summed E-state index contributed by atoms with van der Waals surface area (Å²) in [6.07, 6.45) is 4.10. The third-order valence-electron chi connectivity index (χ3n) is 2.18. The van der Waals surface area contributed by atoms with Gasteiger partial charge in [0.25, 0.3) is 0 Å². The van der Waals surface area contributed by atoms with Crippen LogP contribution < -0.4 is 5.32 Å². The predicted octanol–water partition coefficient (Wildman–Crippen LogP) is 1.24. The summed E-state index contributed by atoms with van der Waals surface area (Å²) in [5, 5.41) is 3.05. The zero-order valence-corrected chi connectivity index (χ0v) is 8.00. The van der Waals surface area contributed by atoms with E-state index in [0.29, 0.717) is 0 Å². The quantitative estimate of drug-likeness (QED) is 0.794. The molecule has 0 fully saturated rings. The lowest BCUT2D eigenvalue weighted by Crippen LogP contribution is -2.11. The van der Waals surface area contributed by atoms with E-state index in [4.69, 9.17) is 0 Å². The van der Waals surface area contributed by atoms with Crippen molar-refractivity contribution in [2.45, 2.75) is 6.42 Å². The van der Waals surface area contributed by atoms with Gasteiger partial charge >= 0.3 is 0 Å². The summed E-state index contributed by atoms with van der Waals surface area (Å²) in [7, 11) is 1.89. The van der Waals surface area contributed by atoms with Crippen molar-refractivity contribution in [1.29, 1.82) is 0 Å². The van der Waals surface area contributed by atoms with Crippen LogP contribution in [0.2, 0.25) is 0 Å². The molecule has 14 heavy (non-hydrogen) atoms. The van der Waals surface area contributed by atoms with Crippen molar-refractivity contribution in [3.63, 3.8) is 0 Å². The van der Waals surface area contributed by atoms with Gasteiger partial charge in [-0.3, -0.25) is 0 Å². The number of aromatic nitrogens is 2. The van der Waals surface area contributed by atoms with E-state index in [1.807, 2.05) is 7.05 Å². The van der Waals surface area contributed by atoms with Gasteiger partial charge < -0.3 is 9.72 Å². The molecule has 0 aromatic carbocycles. The first-order valence-electron chi connectivity index (χ1n) is 4.57. The smallest absolute Gasteiger partial charge is 0.139 e. The van der Waals surface area contributed by atoms with Gasteiger partial charge in [-0.2, -0.15) is 0 Å². The molecule has 2 heterocycles. The van der Waals surface area contributed by atoms with E-state index in [0.717, 1.165) is 24.3 Å². The van der Waals surface area contributed by atoms with Gasteiger partial charge in [0.1, 0.15) is 11.5 Å². The molecule has 2 rings (SSSR count). The van der Waals surface area contributed by atoms with Crippen LogP contribution in [0.15, 0.2) is 24.5 Å². The van der Waals surface area contributed by atoms with Crippen LogP contribution in [0.5, 0.6) is 0 Å². The second-order valence-corrected chi connectivity index (χ2v) is 3.18. The van der Waals surface area contributed by atoms with Crippen molar-refractivity contribution in [2.75, 3.05) is 13.6 Å². The summed E-state index contributed by atoms with van der Waals surface area (Å²) in [4.78, 5) is 4.18. The molecule has 2 aromatic heterocycles. The van der Waals surface area contributed by atoms with Crippen LogP contribution in [-0.4, -0.2) is 23.0 Å². The lowest BCUT2D eigenvalue weighted by Gasteiger charge is -2.00. The molecular weight excluding hydrogens is 181 g/mol. The standard InChI is InChI=1S/C10H12FN3/c1-12-5-4-9-6-13-10-3-2-8(11)7-14(9)10/h2-3,6-7,12H,4-5H2,1H3. The van der Waals surface area contributed by atoms with Gasteiger partial charge in [-0.25, -0.2) is 9.37 Å². The third-order valence-corrected chi connectivity index (χ3v) is 2.18. The Morgan fingerprint density at radius 2 is 2.36 bits per heavy atom. The number of likely N-dealkylation sites (N-methyl/N-ethyl adjacent to an activating group) is 1. The Bertz CT molecular complexity index is 436. The van der Waals surface area contributed by atoms with Crippen LogP contribution in [0.4, 0.5) is 4.39 Å². The highest BCUT2D eigenvalue weighted by Gasteiger charge is 2.02. The first kappa shape index (κ1) is 9.15. The zero-order valence-electron chi connectivity index (χ0n) is 8.00. The Hall–Kier alpha value is -1.42. The molecule has 3 nitrogen and oxygen atoms in total. The molecule has 1 N–H and O–H groups in total. The van der Waals surface area contributed by atoms with E-state index in [2.05, 4.69) is 10.3 Å². The topological polar surface area (TPSA) is 29.3 Å². The number of hydrogen-bond donors (Lipinski definition) is 1. The predicted molar refractivity (Wildman–Crippen MR) is 52.8 cm³/mol. The van der Waals surface area contributed by atoms with E-state index in [1.54, 1.807) is 16.7 Å². The Morgan fingerprint density at radius 1 is 1.50 bits per heavy atom. The zero-order chi connectivity index (χ0) is 9.97. The molecule has 0 aliphatic heterocycles. The Morgan fingerprint density at radius 3 is 3.14 bits per heavy atom. The van der Waals surface area contributed by atoms with Gasteiger partial charge in [0.2, 0.25) is 0 Å². The van der Waals surface area contributed by atoms with Gasteiger partial charge in [0, 0.05) is 31.1 Å². The molecule has 2 aromatic rings. The summed E-state index contributed by atoms with van der Waals surface area (Å²) < 4.78 is 14.7. The van der Waals surface area contributed by atoms with Crippen LogP contribution >= 0.6 is 0 Å². The number of nitrogens with one attached hydrogen (secondary N) is 1. The molecular formula is C10H12FN3. The highest BCUT2D eigenvalue weighted by molar-refractivity contribution is 5.40. The molecule has 0 amide bonds. The summed E-state index contributed by atoms with van der Waals surface area (Å²) in [5.74, 6) is -0.235. The van der Waals surface area contributed by atoms with Crippen molar-refractivity contribution in [2.24, 2.45) is 0 Å². The number of halogens is 1. The molecule has 0 spiro atoms. The second-order valence-electron chi connectivity index (χ2n) is 3.18. The fraction of sp³-hybridized carbons (Fsp3) is 0.300. The van der Waals surface area contributed by atoms with E-state index in [-0.39, 0.29) is 5.82 Å². The van der Waals surface area contributed by atoms with Gasteiger partial charge in [-0.1, -0.05) is 0 Å². The first-order valence-corrected chi connectivity index (χ1v) is 4.57. The maximum atomic E-state index is 13.0. The summed E-state index contributed by atoms with van der Waals surface area (Å²) in [6.45, 7) is 0.865. The van der Waals surface area contributed by atoms with Crippen LogP contribution in [0.1, 0.15) is 5.69 Å². The average Bonchev–Trinajstić information content (AvgIpc) is 2.57. The highest BCUT2D eigenvalue weighted by atomic mass is 19.1. The van der Waals surface area contributed by atoms with E-state index >= 15 is 0 Å². The molecule has 0 saturated carbocycles. The van der Waals surface area contributed by atoms with E-state index in [1.165, 1.54) is 12.3 Å². The Balaban J connectivity index is 2.40. The normalized spacial score (nSPS) is 11.0. The largest absolute Gasteiger partial charge is 0.319 e. The van der Waals surface area contributed by atoms with Crippen molar-refractivity contribution < 1.29 is 4.39 Å². The average molecular weight is 193 g/mol. The van der Waals surface area contributed by atoms with Crippen LogP contribution in [0.25, 0.3) is 5.65 Å². The molecule has 0 aliphatic rings. The van der Waals surface area contributed by atoms with Crippen LogP contribution in [0, 0.1) is 5.82 Å². The van der Waals surface area contributed by atoms with Crippen molar-refractivity contribution in [3.05, 3.63) is 36.0 Å². The van der Waals surface area contributed by atoms with Crippen LogP contribution in [-0.2, 0) is 6.42 Å². The number of rotatable bonds is 3. The lowest BCUT2D eigenvalue weighted by atomic mass is 10.3. The molecule has 74 valence electrons. The molecule has 0 atom stereocenters. The SMILES string of the molecule is CNCCc1cnc2ccc(F)cn12. The van der Waals surface area contributed by atoms with Gasteiger partial charge in [-0.15, -0.1) is 0 Å². The minimum Gasteiger partial charge on any atom is -0.319 e. The summed E-state index contributed by atoms with van der Waals surface area (Å²) in [6, 6.07) is 3.10. The number of fused-ring (bicyclic) bond motifs is 1. The first-order chi connectivity index (χ1) is 6.81. The monoisotopic (exact) mass is 193 g/mol. The molecule has 0 unspecified atom stereocenters. The highest BCUT2D eigenvalue weighted by Crippen LogP contribution is 2.08. The molecule has 4 heteroatoms. The van der Waals surface area contributed by atoms with E-state index < -0.39 is 0 Å². The van der Waals surface area contributed by atoms with Gasteiger partial charge in [0.05, 0.1) is 0 Å². The Kier molecular flexibility index (Phi) is 2.45. The molecule has 0 radical (unpaired) electrons. The van der Waals surface area contributed by atoms with Crippen LogP contribution in [0.3, 0.4) is 0 Å². The van der Waals surface area contributed by atoms with Crippen molar-refractivity contribution in [1.82, 2.24) is 14.7 Å². The minimum atomic E-state index is -0.235. The summed E-state index contributed by atoms with van der Waals surface area (Å²) in [5.41, 5.74) is 1.81. The number of nitrogens with zero attached hydrogens (tertiary/aromatic N) is 2. The number of pyridine rings is 1. The number of imidazole rings is 1. The lowest BCUT2D eigenvalue weighted by molar-refractivity contribution is 0.617. The molecule has 0 bridgehead atoms. The fourth-order valence-electron chi connectivity index (χ4n) is 1.44. The van der Waals surface area contributed by atoms with Gasteiger partial charge in [-0.05, 0) is 19.2 Å². The Labute approximate surface area is 81.6 Å². The van der Waals surface area contributed by atoms with E-state index in [9.17, 15) is 4.39 Å². The fourth-order valence-corrected chi connectivity index (χ4v) is 1.44. The molecule has 0 aliphatic carbocycles. The van der Waals surface area contributed by atoms with Crippen molar-refractivity contribution in [3.8, 4) is 0 Å². The summed E-state index contributed by atoms with van der Waals surface area (Å²) >= 11 is 0. The second kappa shape index (κ2) is 3.75. The maximum Gasteiger partial charge on any atom is 0.139 e. The third kappa shape index (κ3) is 1.61. The van der Waals surface area contributed by atoms with Gasteiger partial charge in [0.15, 0.2) is 0 Å². The molecule has 0 saturated heterocycles. The number of hydrogen-bond acceptors (Lipinski definition) is 2. The maximum absolute atomic E-state index is 13.0.